The van der Waals surface area contributed by atoms with Crippen LogP contribution in [-0.4, -0.2) is 36.3 Å². The van der Waals surface area contributed by atoms with Gasteiger partial charge in [-0.15, -0.1) is 0 Å². The van der Waals surface area contributed by atoms with E-state index in [9.17, 15) is 14.0 Å². The highest BCUT2D eigenvalue weighted by atomic mass is 35.5. The molecule has 1 N–H and O–H groups in total. The number of carbonyl (C=O) groups is 2. The Kier molecular flexibility index (Phi) is 4.08. The van der Waals surface area contributed by atoms with Crippen LogP contribution in [0.4, 0.5) is 4.39 Å². The third-order valence-corrected chi connectivity index (χ3v) is 5.11. The standard InChI is InChI=1S/C16H18ClFN2O2/c17-12-9-11(1-2-13(12)18)15(22)20-7-5-16(6-8-20)4-3-14(21)19-10-16/h1-2,9H,3-8,10H2,(H,19,21). The number of nitrogens with zero attached hydrogens (tertiary/aromatic N) is 1. The summed E-state index contributed by atoms with van der Waals surface area (Å²) in [6.45, 7) is 2.02. The average Bonchev–Trinajstić information content (AvgIpc) is 2.53. The van der Waals surface area contributed by atoms with Crippen LogP contribution in [0.3, 0.4) is 0 Å². The third-order valence-electron chi connectivity index (χ3n) is 4.82. The van der Waals surface area contributed by atoms with E-state index in [-0.39, 0.29) is 22.3 Å². The maximum Gasteiger partial charge on any atom is 0.253 e. The molecule has 1 aromatic carbocycles. The Morgan fingerprint density at radius 3 is 2.59 bits per heavy atom. The lowest BCUT2D eigenvalue weighted by Gasteiger charge is -2.44. The van der Waals surface area contributed by atoms with Crippen molar-refractivity contribution in [3.63, 3.8) is 0 Å². The zero-order chi connectivity index (χ0) is 15.7. The molecule has 0 radical (unpaired) electrons. The van der Waals surface area contributed by atoms with E-state index in [1.54, 1.807) is 4.90 Å². The van der Waals surface area contributed by atoms with Gasteiger partial charge >= 0.3 is 0 Å². The molecule has 0 saturated carbocycles. The first-order valence-electron chi connectivity index (χ1n) is 7.50. The van der Waals surface area contributed by atoms with Gasteiger partial charge in [0.15, 0.2) is 0 Å². The summed E-state index contributed by atoms with van der Waals surface area (Å²) in [6, 6.07) is 4.07. The Bertz CT molecular complexity index is 600. The van der Waals surface area contributed by atoms with Crippen molar-refractivity contribution < 1.29 is 14.0 Å². The van der Waals surface area contributed by atoms with Crippen LogP contribution >= 0.6 is 11.6 Å². The first kappa shape index (κ1) is 15.3. The fourth-order valence-electron chi connectivity index (χ4n) is 3.26. The van der Waals surface area contributed by atoms with E-state index < -0.39 is 5.82 Å². The second-order valence-electron chi connectivity index (χ2n) is 6.20. The minimum atomic E-state index is -0.520. The second kappa shape index (κ2) is 5.88. The van der Waals surface area contributed by atoms with E-state index >= 15 is 0 Å². The van der Waals surface area contributed by atoms with Crippen LogP contribution in [-0.2, 0) is 4.79 Å². The second-order valence-corrected chi connectivity index (χ2v) is 6.61. The molecule has 1 spiro atoms. The largest absolute Gasteiger partial charge is 0.356 e. The van der Waals surface area contributed by atoms with Crippen LogP contribution in [0.15, 0.2) is 18.2 Å². The lowest BCUT2D eigenvalue weighted by molar-refractivity contribution is -0.125. The van der Waals surface area contributed by atoms with E-state index in [0.29, 0.717) is 31.6 Å². The molecule has 2 aliphatic rings. The summed E-state index contributed by atoms with van der Waals surface area (Å²) < 4.78 is 13.2. The highest BCUT2D eigenvalue weighted by Crippen LogP contribution is 2.37. The van der Waals surface area contributed by atoms with Crippen molar-refractivity contribution in [2.24, 2.45) is 5.41 Å². The van der Waals surface area contributed by atoms with E-state index in [1.807, 2.05) is 0 Å². The van der Waals surface area contributed by atoms with Crippen LogP contribution in [0.1, 0.15) is 36.0 Å². The zero-order valence-electron chi connectivity index (χ0n) is 12.2. The molecule has 0 aliphatic carbocycles. The zero-order valence-corrected chi connectivity index (χ0v) is 13.0. The van der Waals surface area contributed by atoms with Gasteiger partial charge in [0.1, 0.15) is 5.82 Å². The average molecular weight is 325 g/mol. The minimum Gasteiger partial charge on any atom is -0.356 e. The topological polar surface area (TPSA) is 49.4 Å². The Morgan fingerprint density at radius 2 is 2.00 bits per heavy atom. The number of hydrogen-bond acceptors (Lipinski definition) is 2. The molecule has 2 saturated heterocycles. The van der Waals surface area contributed by atoms with Gasteiger partial charge < -0.3 is 10.2 Å². The Morgan fingerprint density at radius 1 is 1.27 bits per heavy atom. The van der Waals surface area contributed by atoms with Gasteiger partial charge in [0.25, 0.3) is 5.91 Å². The SMILES string of the molecule is O=C1CCC2(CCN(C(=O)c3ccc(F)c(Cl)c3)CC2)CN1. The molecule has 0 aromatic heterocycles. The van der Waals surface area contributed by atoms with Crippen molar-refractivity contribution in [1.29, 1.82) is 0 Å². The third kappa shape index (κ3) is 2.95. The number of carbonyl (C=O) groups excluding carboxylic acids is 2. The number of likely N-dealkylation sites (tertiary alicyclic amines) is 1. The summed E-state index contributed by atoms with van der Waals surface area (Å²) >= 11 is 5.74. The molecule has 2 aliphatic heterocycles. The number of benzene rings is 1. The first-order valence-corrected chi connectivity index (χ1v) is 7.88. The fourth-order valence-corrected chi connectivity index (χ4v) is 3.44. The van der Waals surface area contributed by atoms with Gasteiger partial charge in [-0.1, -0.05) is 11.6 Å². The lowest BCUT2D eigenvalue weighted by Crippen LogP contribution is -2.50. The summed E-state index contributed by atoms with van der Waals surface area (Å²) in [6.07, 6.45) is 3.23. The molecule has 6 heteroatoms. The predicted octanol–water partition coefficient (Wildman–Crippen LogP) is 2.61. The van der Waals surface area contributed by atoms with Crippen molar-refractivity contribution >= 4 is 23.4 Å². The lowest BCUT2D eigenvalue weighted by atomic mass is 9.73. The normalized spacial score (nSPS) is 20.8. The quantitative estimate of drug-likeness (QED) is 0.863. The Balaban J connectivity index is 1.64. The van der Waals surface area contributed by atoms with Crippen LogP contribution < -0.4 is 5.32 Å². The smallest absolute Gasteiger partial charge is 0.253 e. The molecule has 118 valence electrons. The molecule has 4 nitrogen and oxygen atoms in total. The van der Waals surface area contributed by atoms with Gasteiger partial charge in [-0.05, 0) is 42.9 Å². The van der Waals surface area contributed by atoms with Gasteiger partial charge in [0.05, 0.1) is 5.02 Å². The maximum atomic E-state index is 13.2. The van der Waals surface area contributed by atoms with Crippen molar-refractivity contribution in [2.45, 2.75) is 25.7 Å². The summed E-state index contributed by atoms with van der Waals surface area (Å²) in [7, 11) is 0. The predicted molar refractivity (Wildman–Crippen MR) is 81.2 cm³/mol. The summed E-state index contributed by atoms with van der Waals surface area (Å²) in [5.41, 5.74) is 0.546. The number of piperidine rings is 2. The van der Waals surface area contributed by atoms with Gasteiger partial charge in [0.2, 0.25) is 5.91 Å². The molecular weight excluding hydrogens is 307 g/mol. The monoisotopic (exact) mass is 324 g/mol. The minimum absolute atomic E-state index is 0.0330. The molecule has 0 atom stereocenters. The molecule has 2 amide bonds. The molecule has 1 aromatic rings. The Labute approximate surface area is 133 Å². The van der Waals surface area contributed by atoms with E-state index in [1.165, 1.54) is 18.2 Å². The van der Waals surface area contributed by atoms with Crippen molar-refractivity contribution in [3.8, 4) is 0 Å². The highest BCUT2D eigenvalue weighted by molar-refractivity contribution is 6.31. The van der Waals surface area contributed by atoms with Gasteiger partial charge in [-0.2, -0.15) is 0 Å². The number of rotatable bonds is 1. The summed E-state index contributed by atoms with van der Waals surface area (Å²) in [5, 5.41) is 2.90. The highest BCUT2D eigenvalue weighted by Gasteiger charge is 2.38. The van der Waals surface area contributed by atoms with E-state index in [2.05, 4.69) is 5.32 Å². The molecule has 0 unspecified atom stereocenters. The number of hydrogen-bond donors (Lipinski definition) is 1. The molecule has 0 bridgehead atoms. The number of halogens is 2. The van der Waals surface area contributed by atoms with Crippen molar-refractivity contribution in [3.05, 3.63) is 34.6 Å². The van der Waals surface area contributed by atoms with Gasteiger partial charge in [0, 0.05) is 31.6 Å². The molecule has 22 heavy (non-hydrogen) atoms. The number of nitrogens with one attached hydrogen (secondary N) is 1. The first-order chi connectivity index (χ1) is 10.5. The fraction of sp³-hybridized carbons (Fsp3) is 0.500. The summed E-state index contributed by atoms with van der Waals surface area (Å²) in [4.78, 5) is 25.5. The molecule has 3 rings (SSSR count). The molecule has 2 heterocycles. The maximum absolute atomic E-state index is 13.2. The van der Waals surface area contributed by atoms with Crippen LogP contribution in [0.5, 0.6) is 0 Å². The number of amides is 2. The van der Waals surface area contributed by atoms with Crippen LogP contribution in [0, 0.1) is 11.2 Å². The molecular formula is C16H18ClFN2O2. The van der Waals surface area contributed by atoms with Crippen LogP contribution in [0.25, 0.3) is 0 Å². The van der Waals surface area contributed by atoms with Gasteiger partial charge in [-0.25, -0.2) is 4.39 Å². The molecule has 2 fully saturated rings. The summed E-state index contributed by atoms with van der Waals surface area (Å²) in [5.74, 6) is -0.518. The van der Waals surface area contributed by atoms with Gasteiger partial charge in [-0.3, -0.25) is 9.59 Å². The van der Waals surface area contributed by atoms with Crippen molar-refractivity contribution in [1.82, 2.24) is 10.2 Å². The van der Waals surface area contributed by atoms with E-state index in [4.69, 9.17) is 11.6 Å². The van der Waals surface area contributed by atoms with Crippen molar-refractivity contribution in [2.75, 3.05) is 19.6 Å². The van der Waals surface area contributed by atoms with E-state index in [0.717, 1.165) is 19.3 Å². The van der Waals surface area contributed by atoms with Crippen LogP contribution in [0.2, 0.25) is 5.02 Å². The Hall–Kier alpha value is -1.62.